The lowest BCUT2D eigenvalue weighted by molar-refractivity contribution is 0.0216. The van der Waals surface area contributed by atoms with Crippen molar-refractivity contribution in [3.63, 3.8) is 0 Å². The molecule has 0 spiro atoms. The molecule has 1 rings (SSSR count). The van der Waals surface area contributed by atoms with Crippen LogP contribution in [0.15, 0.2) is 0 Å². The van der Waals surface area contributed by atoms with Crippen LogP contribution in [0.25, 0.3) is 0 Å². The van der Waals surface area contributed by atoms with Crippen molar-refractivity contribution in [2.24, 2.45) is 0 Å². The Kier molecular flexibility index (Phi) is 4.12. The minimum atomic E-state index is -0.790. The Labute approximate surface area is 78.8 Å². The van der Waals surface area contributed by atoms with Crippen LogP contribution >= 0.6 is 0 Å². The Hall–Kier alpha value is -0.160. The molecule has 3 atom stereocenters. The van der Waals surface area contributed by atoms with Crippen LogP contribution in [0.5, 0.6) is 0 Å². The van der Waals surface area contributed by atoms with Crippen LogP contribution < -0.4 is 0 Å². The molecule has 0 saturated carbocycles. The molecule has 0 bridgehead atoms. The van der Waals surface area contributed by atoms with Gasteiger partial charge >= 0.3 is 0 Å². The van der Waals surface area contributed by atoms with Gasteiger partial charge in [-0.1, -0.05) is 13.3 Å². The van der Waals surface area contributed by atoms with Crippen molar-refractivity contribution in [1.29, 1.82) is 0 Å². The molecular formula is C9H19NO3. The van der Waals surface area contributed by atoms with E-state index in [1.54, 1.807) is 0 Å². The van der Waals surface area contributed by atoms with Gasteiger partial charge < -0.3 is 15.3 Å². The summed E-state index contributed by atoms with van der Waals surface area (Å²) in [6.45, 7) is 3.33. The summed E-state index contributed by atoms with van der Waals surface area (Å²) >= 11 is 0. The number of hydrogen-bond donors (Lipinski definition) is 3. The van der Waals surface area contributed by atoms with Crippen LogP contribution in [-0.2, 0) is 0 Å². The van der Waals surface area contributed by atoms with Gasteiger partial charge in [0.25, 0.3) is 0 Å². The Balaban J connectivity index is 2.44. The van der Waals surface area contributed by atoms with Crippen LogP contribution in [0.1, 0.15) is 19.8 Å². The van der Waals surface area contributed by atoms with Crippen molar-refractivity contribution in [1.82, 2.24) is 4.90 Å². The molecule has 0 radical (unpaired) electrons. The second kappa shape index (κ2) is 4.91. The van der Waals surface area contributed by atoms with Gasteiger partial charge in [-0.3, -0.25) is 4.90 Å². The third-order valence-corrected chi connectivity index (χ3v) is 2.66. The van der Waals surface area contributed by atoms with E-state index in [1.807, 2.05) is 4.90 Å². The predicted octanol–water partition coefficient (Wildman–Crippen LogP) is -0.815. The molecule has 1 aliphatic heterocycles. The molecule has 0 aromatic rings. The van der Waals surface area contributed by atoms with E-state index in [0.29, 0.717) is 6.54 Å². The molecule has 4 heteroatoms. The zero-order valence-electron chi connectivity index (χ0n) is 8.06. The van der Waals surface area contributed by atoms with E-state index < -0.39 is 12.2 Å². The monoisotopic (exact) mass is 189 g/mol. The minimum absolute atomic E-state index is 0.0814. The zero-order chi connectivity index (χ0) is 9.84. The first-order valence-corrected chi connectivity index (χ1v) is 4.91. The van der Waals surface area contributed by atoms with Gasteiger partial charge in [0, 0.05) is 6.54 Å². The Bertz CT molecular complexity index is 154. The lowest BCUT2D eigenvalue weighted by Gasteiger charge is -2.23. The molecule has 13 heavy (non-hydrogen) atoms. The van der Waals surface area contributed by atoms with Gasteiger partial charge in [0.15, 0.2) is 0 Å². The van der Waals surface area contributed by atoms with Crippen LogP contribution in [0.4, 0.5) is 0 Å². The number of unbranched alkanes of at least 4 members (excludes halogenated alkanes) is 1. The fraction of sp³-hybridized carbons (Fsp3) is 1.00. The van der Waals surface area contributed by atoms with Crippen LogP contribution in [0, 0.1) is 0 Å². The number of aliphatic hydroxyl groups excluding tert-OH is 3. The smallest absolute Gasteiger partial charge is 0.0988 e. The minimum Gasteiger partial charge on any atom is -0.395 e. The van der Waals surface area contributed by atoms with E-state index in [-0.39, 0.29) is 12.6 Å². The number of likely N-dealkylation sites (tertiary alicyclic amines) is 1. The maximum Gasteiger partial charge on any atom is 0.0988 e. The average molecular weight is 189 g/mol. The van der Waals surface area contributed by atoms with Crippen molar-refractivity contribution >= 4 is 0 Å². The van der Waals surface area contributed by atoms with Crippen LogP contribution in [0.3, 0.4) is 0 Å². The van der Waals surface area contributed by atoms with E-state index in [1.165, 1.54) is 0 Å². The quantitative estimate of drug-likeness (QED) is 0.541. The van der Waals surface area contributed by atoms with Gasteiger partial charge in [-0.2, -0.15) is 0 Å². The highest BCUT2D eigenvalue weighted by Crippen LogP contribution is 2.18. The molecule has 0 amide bonds. The van der Waals surface area contributed by atoms with Crippen molar-refractivity contribution in [2.45, 2.75) is 38.0 Å². The maximum atomic E-state index is 9.48. The van der Waals surface area contributed by atoms with E-state index in [0.717, 1.165) is 19.4 Å². The van der Waals surface area contributed by atoms with Gasteiger partial charge in [0.1, 0.15) is 0 Å². The van der Waals surface area contributed by atoms with Crippen molar-refractivity contribution in [3.05, 3.63) is 0 Å². The van der Waals surface area contributed by atoms with Crippen molar-refractivity contribution < 1.29 is 15.3 Å². The van der Waals surface area contributed by atoms with E-state index in [9.17, 15) is 10.2 Å². The highest BCUT2D eigenvalue weighted by atomic mass is 16.3. The Morgan fingerprint density at radius 3 is 2.62 bits per heavy atom. The second-order valence-corrected chi connectivity index (χ2v) is 3.66. The average Bonchev–Trinajstić information content (AvgIpc) is 2.39. The molecule has 4 nitrogen and oxygen atoms in total. The van der Waals surface area contributed by atoms with E-state index in [4.69, 9.17) is 5.11 Å². The summed E-state index contributed by atoms with van der Waals surface area (Å²) in [6, 6.07) is -0.276. The Morgan fingerprint density at radius 1 is 1.38 bits per heavy atom. The number of hydrogen-bond acceptors (Lipinski definition) is 4. The van der Waals surface area contributed by atoms with Gasteiger partial charge in [0.05, 0.1) is 24.9 Å². The summed E-state index contributed by atoms with van der Waals surface area (Å²) in [5.74, 6) is 0. The van der Waals surface area contributed by atoms with E-state index in [2.05, 4.69) is 6.92 Å². The first-order valence-electron chi connectivity index (χ1n) is 4.91. The maximum absolute atomic E-state index is 9.48. The third kappa shape index (κ3) is 2.40. The molecular weight excluding hydrogens is 170 g/mol. The second-order valence-electron chi connectivity index (χ2n) is 3.66. The topological polar surface area (TPSA) is 63.9 Å². The lowest BCUT2D eigenvalue weighted by Crippen LogP contribution is -2.39. The standard InChI is InChI=1S/C9H19NO3/c1-2-3-4-10-5-8(12)9(13)7(10)6-11/h7-9,11-13H,2-6H2,1H3/t7-,8+,9-/m0/s1. The Morgan fingerprint density at radius 2 is 2.08 bits per heavy atom. The van der Waals surface area contributed by atoms with Crippen molar-refractivity contribution in [2.75, 3.05) is 19.7 Å². The van der Waals surface area contributed by atoms with Crippen molar-refractivity contribution in [3.8, 4) is 0 Å². The summed E-state index contributed by atoms with van der Waals surface area (Å²) in [7, 11) is 0. The predicted molar refractivity (Wildman–Crippen MR) is 49.4 cm³/mol. The van der Waals surface area contributed by atoms with E-state index >= 15 is 0 Å². The summed E-state index contributed by atoms with van der Waals surface area (Å²) in [5.41, 5.74) is 0. The largest absolute Gasteiger partial charge is 0.395 e. The fourth-order valence-corrected chi connectivity index (χ4v) is 1.80. The molecule has 0 aromatic carbocycles. The molecule has 0 aliphatic carbocycles. The summed E-state index contributed by atoms with van der Waals surface area (Å²) in [5, 5.41) is 27.9. The number of aliphatic hydroxyl groups is 3. The first-order chi connectivity index (χ1) is 6.20. The van der Waals surface area contributed by atoms with Crippen LogP contribution in [0.2, 0.25) is 0 Å². The number of rotatable bonds is 4. The van der Waals surface area contributed by atoms with Gasteiger partial charge in [0.2, 0.25) is 0 Å². The lowest BCUT2D eigenvalue weighted by atomic mass is 10.1. The normalized spacial score (nSPS) is 35.5. The van der Waals surface area contributed by atoms with Crippen LogP contribution in [-0.4, -0.2) is 58.2 Å². The molecule has 1 aliphatic rings. The number of β-amino-alcohol motifs (C(OH)–C–C–N with tert-alkyl or cyclic N) is 1. The third-order valence-electron chi connectivity index (χ3n) is 2.66. The summed E-state index contributed by atoms with van der Waals surface area (Å²) in [4.78, 5) is 1.96. The van der Waals surface area contributed by atoms with Gasteiger partial charge in [-0.05, 0) is 13.0 Å². The summed E-state index contributed by atoms with van der Waals surface area (Å²) in [6.07, 6.45) is 0.632. The molecule has 1 heterocycles. The molecule has 0 aromatic heterocycles. The number of nitrogens with zero attached hydrogens (tertiary/aromatic N) is 1. The molecule has 0 unspecified atom stereocenters. The highest BCUT2D eigenvalue weighted by Gasteiger charge is 2.38. The molecule has 78 valence electrons. The summed E-state index contributed by atoms with van der Waals surface area (Å²) < 4.78 is 0. The fourth-order valence-electron chi connectivity index (χ4n) is 1.80. The van der Waals surface area contributed by atoms with Gasteiger partial charge in [-0.15, -0.1) is 0 Å². The highest BCUT2D eigenvalue weighted by molar-refractivity contribution is 4.92. The molecule has 1 saturated heterocycles. The SMILES string of the molecule is CCCCN1C[C@@H](O)[C@@H](O)[C@@H]1CO. The first kappa shape index (κ1) is 10.9. The van der Waals surface area contributed by atoms with Gasteiger partial charge in [-0.25, -0.2) is 0 Å². The molecule has 1 fully saturated rings. The zero-order valence-corrected chi connectivity index (χ0v) is 8.06. The molecule has 3 N–H and O–H groups in total.